The van der Waals surface area contributed by atoms with Crippen molar-refractivity contribution in [3.05, 3.63) is 22.4 Å². The van der Waals surface area contributed by atoms with Crippen molar-refractivity contribution in [2.45, 2.75) is 6.10 Å². The first-order chi connectivity index (χ1) is 11.2. The summed E-state index contributed by atoms with van der Waals surface area (Å²) >= 11 is 1.60. The van der Waals surface area contributed by atoms with Gasteiger partial charge in [-0.3, -0.25) is 14.6 Å². The number of piperazine rings is 1. The van der Waals surface area contributed by atoms with Gasteiger partial charge < -0.3 is 14.7 Å². The fourth-order valence-electron chi connectivity index (χ4n) is 3.05. The summed E-state index contributed by atoms with van der Waals surface area (Å²) in [5.41, 5.74) is 0. The molecule has 1 N–H and O–H groups in total. The van der Waals surface area contributed by atoms with Crippen LogP contribution in [-0.2, 0) is 9.53 Å². The minimum absolute atomic E-state index is 0.209. The first-order valence-electron chi connectivity index (χ1n) is 8.24. The van der Waals surface area contributed by atoms with Gasteiger partial charge >= 0.3 is 0 Å². The predicted octanol–water partition coefficient (Wildman–Crippen LogP) is 0.258. The van der Waals surface area contributed by atoms with Crippen LogP contribution in [0, 0.1) is 0 Å². The van der Waals surface area contributed by atoms with Crippen LogP contribution < -0.4 is 0 Å². The molecule has 128 valence electrons. The maximum atomic E-state index is 12.3. The number of aliphatic hydroxyl groups excluding tert-OH is 1. The molecule has 1 amide bonds. The van der Waals surface area contributed by atoms with Gasteiger partial charge in [0.1, 0.15) is 6.10 Å². The largest absolute Gasteiger partial charge is 0.386 e. The van der Waals surface area contributed by atoms with Crippen molar-refractivity contribution < 1.29 is 14.6 Å². The van der Waals surface area contributed by atoms with Crippen molar-refractivity contribution in [3.8, 4) is 0 Å². The number of nitrogens with zero attached hydrogens (tertiary/aromatic N) is 3. The third-order valence-electron chi connectivity index (χ3n) is 4.49. The van der Waals surface area contributed by atoms with Crippen LogP contribution in [0.1, 0.15) is 11.0 Å². The second kappa shape index (κ2) is 8.21. The molecular weight excluding hydrogens is 314 g/mol. The van der Waals surface area contributed by atoms with Gasteiger partial charge in [0.2, 0.25) is 5.91 Å². The highest BCUT2D eigenvalue weighted by Crippen LogP contribution is 2.20. The number of amides is 1. The van der Waals surface area contributed by atoms with E-state index in [1.54, 1.807) is 11.3 Å². The Hall–Kier alpha value is -0.990. The van der Waals surface area contributed by atoms with Crippen LogP contribution >= 0.6 is 11.3 Å². The van der Waals surface area contributed by atoms with E-state index in [1.165, 1.54) is 0 Å². The Morgan fingerprint density at radius 3 is 2.52 bits per heavy atom. The number of morpholine rings is 1. The molecule has 0 saturated carbocycles. The van der Waals surface area contributed by atoms with Gasteiger partial charge in [0.25, 0.3) is 0 Å². The highest BCUT2D eigenvalue weighted by molar-refractivity contribution is 7.10. The van der Waals surface area contributed by atoms with Gasteiger partial charge in [0, 0.05) is 50.7 Å². The molecule has 1 aromatic heterocycles. The monoisotopic (exact) mass is 339 g/mol. The minimum atomic E-state index is -0.406. The molecule has 0 bridgehead atoms. The summed E-state index contributed by atoms with van der Waals surface area (Å²) in [5, 5.41) is 12.2. The van der Waals surface area contributed by atoms with Gasteiger partial charge in [-0.15, -0.1) is 11.3 Å². The zero-order valence-corrected chi connectivity index (χ0v) is 14.2. The van der Waals surface area contributed by atoms with E-state index in [2.05, 4.69) is 9.80 Å². The first-order valence-corrected chi connectivity index (χ1v) is 9.12. The van der Waals surface area contributed by atoms with Crippen molar-refractivity contribution in [2.75, 3.05) is 65.6 Å². The lowest BCUT2D eigenvalue weighted by Crippen LogP contribution is -2.52. The lowest BCUT2D eigenvalue weighted by Gasteiger charge is -2.36. The summed E-state index contributed by atoms with van der Waals surface area (Å²) in [6, 6.07) is 3.95. The quantitative estimate of drug-likeness (QED) is 0.834. The molecule has 2 aliphatic heterocycles. The third kappa shape index (κ3) is 4.74. The molecule has 6 nitrogen and oxygen atoms in total. The lowest BCUT2D eigenvalue weighted by atomic mass is 10.2. The normalized spacial score (nSPS) is 22.2. The van der Waals surface area contributed by atoms with Gasteiger partial charge in [0.15, 0.2) is 0 Å². The molecule has 3 rings (SSSR count). The number of ether oxygens (including phenoxy) is 1. The molecule has 2 aliphatic rings. The smallest absolute Gasteiger partial charge is 0.236 e. The fourth-order valence-corrected chi connectivity index (χ4v) is 3.75. The molecule has 0 spiro atoms. The first kappa shape index (κ1) is 16.9. The average Bonchev–Trinajstić information content (AvgIpc) is 3.12. The molecule has 0 unspecified atom stereocenters. The van der Waals surface area contributed by atoms with E-state index in [0.717, 1.165) is 31.1 Å². The highest BCUT2D eigenvalue weighted by Gasteiger charge is 2.24. The molecule has 1 aromatic rings. The molecule has 2 fully saturated rings. The molecule has 1 atom stereocenters. The van der Waals surface area contributed by atoms with Crippen molar-refractivity contribution >= 4 is 17.2 Å². The topological polar surface area (TPSA) is 56.2 Å². The van der Waals surface area contributed by atoms with E-state index < -0.39 is 6.10 Å². The number of rotatable bonds is 5. The van der Waals surface area contributed by atoms with E-state index in [0.29, 0.717) is 39.4 Å². The van der Waals surface area contributed by atoms with Crippen LogP contribution in [0.3, 0.4) is 0 Å². The Morgan fingerprint density at radius 2 is 1.87 bits per heavy atom. The standard InChI is InChI=1S/C16H25N3O3S/c20-14(15-2-1-11-23-15)12-17-3-5-18(6-4-17)13-16(21)19-7-9-22-10-8-19/h1-2,11,14,20H,3-10,12-13H2/t14-/m0/s1. The minimum Gasteiger partial charge on any atom is -0.386 e. The third-order valence-corrected chi connectivity index (χ3v) is 5.46. The van der Waals surface area contributed by atoms with Crippen LogP contribution in [0.15, 0.2) is 17.5 Å². The lowest BCUT2D eigenvalue weighted by molar-refractivity contribution is -0.136. The van der Waals surface area contributed by atoms with Gasteiger partial charge in [-0.05, 0) is 11.4 Å². The van der Waals surface area contributed by atoms with E-state index >= 15 is 0 Å². The van der Waals surface area contributed by atoms with Crippen molar-refractivity contribution in [2.24, 2.45) is 0 Å². The molecule has 0 radical (unpaired) electrons. The maximum absolute atomic E-state index is 12.3. The van der Waals surface area contributed by atoms with Crippen LogP contribution in [0.2, 0.25) is 0 Å². The highest BCUT2D eigenvalue weighted by atomic mass is 32.1. The Morgan fingerprint density at radius 1 is 1.17 bits per heavy atom. The van der Waals surface area contributed by atoms with E-state index in [9.17, 15) is 9.90 Å². The summed E-state index contributed by atoms with van der Waals surface area (Å²) in [7, 11) is 0. The Bertz CT molecular complexity index is 483. The van der Waals surface area contributed by atoms with Crippen LogP contribution in [-0.4, -0.2) is 91.3 Å². The molecule has 0 aliphatic carbocycles. The number of hydrogen-bond acceptors (Lipinski definition) is 6. The zero-order chi connectivity index (χ0) is 16.1. The number of hydrogen-bond donors (Lipinski definition) is 1. The summed E-state index contributed by atoms with van der Waals surface area (Å²) < 4.78 is 5.28. The van der Waals surface area contributed by atoms with Crippen LogP contribution in [0.4, 0.5) is 0 Å². The molecular formula is C16H25N3O3S. The summed E-state index contributed by atoms with van der Waals surface area (Å²) in [6.45, 7) is 7.48. The van der Waals surface area contributed by atoms with Crippen molar-refractivity contribution in [1.29, 1.82) is 0 Å². The van der Waals surface area contributed by atoms with Gasteiger partial charge in [-0.1, -0.05) is 6.07 Å². The predicted molar refractivity (Wildman–Crippen MR) is 89.6 cm³/mol. The van der Waals surface area contributed by atoms with Gasteiger partial charge in [0.05, 0.1) is 19.8 Å². The van der Waals surface area contributed by atoms with Gasteiger partial charge in [-0.25, -0.2) is 0 Å². The molecule has 3 heterocycles. The molecule has 2 saturated heterocycles. The SMILES string of the molecule is O=C(CN1CCN(C[C@H](O)c2cccs2)CC1)N1CCOCC1. The van der Waals surface area contributed by atoms with Gasteiger partial charge in [-0.2, -0.15) is 0 Å². The number of thiophene rings is 1. The Balaban J connectivity index is 1.39. The van der Waals surface area contributed by atoms with Crippen LogP contribution in [0.5, 0.6) is 0 Å². The van der Waals surface area contributed by atoms with Crippen molar-refractivity contribution in [3.63, 3.8) is 0 Å². The number of carbonyl (C=O) groups excluding carboxylic acids is 1. The van der Waals surface area contributed by atoms with E-state index in [4.69, 9.17) is 4.74 Å². The Kier molecular flexibility index (Phi) is 6.02. The summed E-state index contributed by atoms with van der Waals surface area (Å²) in [5.74, 6) is 0.209. The second-order valence-electron chi connectivity index (χ2n) is 6.10. The summed E-state index contributed by atoms with van der Waals surface area (Å²) in [6.07, 6.45) is -0.406. The zero-order valence-electron chi connectivity index (χ0n) is 13.4. The number of aliphatic hydroxyl groups is 1. The second-order valence-corrected chi connectivity index (χ2v) is 7.08. The maximum Gasteiger partial charge on any atom is 0.236 e. The fraction of sp³-hybridized carbons (Fsp3) is 0.688. The van der Waals surface area contributed by atoms with Crippen molar-refractivity contribution in [1.82, 2.24) is 14.7 Å². The average molecular weight is 339 g/mol. The molecule has 7 heteroatoms. The molecule has 0 aromatic carbocycles. The van der Waals surface area contributed by atoms with E-state index in [1.807, 2.05) is 22.4 Å². The number of carbonyl (C=O) groups is 1. The molecule has 23 heavy (non-hydrogen) atoms. The summed E-state index contributed by atoms with van der Waals surface area (Å²) in [4.78, 5) is 19.7. The van der Waals surface area contributed by atoms with E-state index in [-0.39, 0.29) is 5.91 Å². The number of β-amino-alcohol motifs (C(OH)–C–C–N with tert-alkyl or cyclic N) is 1. The Labute approximate surface area is 141 Å². The van der Waals surface area contributed by atoms with Crippen LogP contribution in [0.25, 0.3) is 0 Å².